The molecule has 164 valence electrons. The Kier molecular flexibility index (Phi) is 6.64. The Morgan fingerprint density at radius 3 is 2.21 bits per heavy atom. The van der Waals surface area contributed by atoms with Gasteiger partial charge >= 0.3 is 6.03 Å². The zero-order valence-electron chi connectivity index (χ0n) is 18.3. The first-order valence-corrected chi connectivity index (χ1v) is 11.7. The Morgan fingerprint density at radius 2 is 1.55 bits per heavy atom. The molecule has 0 spiro atoms. The van der Waals surface area contributed by atoms with E-state index in [0.717, 1.165) is 45.3 Å². The summed E-state index contributed by atoms with van der Waals surface area (Å²) in [5.41, 5.74) is 0. The van der Waals surface area contributed by atoms with Gasteiger partial charge in [0.05, 0.1) is 6.54 Å². The van der Waals surface area contributed by atoms with E-state index in [4.69, 9.17) is 0 Å². The lowest BCUT2D eigenvalue weighted by atomic mass is 9.92. The molecule has 4 aliphatic rings. The van der Waals surface area contributed by atoms with Crippen LogP contribution in [0.25, 0.3) is 0 Å². The van der Waals surface area contributed by atoms with Crippen LogP contribution in [-0.4, -0.2) is 103 Å². The standard InChI is InChI=1S/C22H39N5O2/c1-17-11-18(2)14-27(13-17)21(28)16-24-7-9-25(10-8-24)22(29)23-12-19-5-6-26(15-19)20-3-4-20/h17-20H,3-16H2,1-2H3,(H,23,29). The Hall–Kier alpha value is -1.34. The maximum Gasteiger partial charge on any atom is 0.317 e. The van der Waals surface area contributed by atoms with Gasteiger partial charge in [0.2, 0.25) is 5.91 Å². The summed E-state index contributed by atoms with van der Waals surface area (Å²) in [6.07, 6.45) is 5.15. The van der Waals surface area contributed by atoms with Crippen LogP contribution < -0.4 is 5.32 Å². The number of nitrogens with zero attached hydrogens (tertiary/aromatic N) is 4. The Bertz CT molecular complexity index is 578. The molecule has 3 amide bonds. The summed E-state index contributed by atoms with van der Waals surface area (Å²) in [6, 6.07) is 0.905. The molecule has 29 heavy (non-hydrogen) atoms. The number of piperazine rings is 1. The molecule has 7 heteroatoms. The molecule has 0 radical (unpaired) electrons. The van der Waals surface area contributed by atoms with E-state index >= 15 is 0 Å². The number of amides is 3. The molecule has 0 aromatic rings. The number of rotatable bonds is 5. The van der Waals surface area contributed by atoms with Gasteiger partial charge in [0.1, 0.15) is 0 Å². The second-order valence-corrected chi connectivity index (χ2v) is 10.1. The molecule has 0 aromatic carbocycles. The fourth-order valence-electron chi connectivity index (χ4n) is 5.41. The zero-order valence-corrected chi connectivity index (χ0v) is 18.3. The number of carbonyl (C=O) groups excluding carboxylic acids is 2. The lowest BCUT2D eigenvalue weighted by molar-refractivity contribution is -0.135. The van der Waals surface area contributed by atoms with Crippen molar-refractivity contribution in [1.82, 2.24) is 24.9 Å². The van der Waals surface area contributed by atoms with Crippen molar-refractivity contribution in [3.63, 3.8) is 0 Å². The van der Waals surface area contributed by atoms with E-state index in [2.05, 4.69) is 29.0 Å². The predicted octanol–water partition coefficient (Wildman–Crippen LogP) is 1.30. The maximum atomic E-state index is 12.7. The molecule has 1 aliphatic carbocycles. The highest BCUT2D eigenvalue weighted by molar-refractivity contribution is 5.78. The molecule has 0 aromatic heterocycles. The highest BCUT2D eigenvalue weighted by Gasteiger charge is 2.34. The van der Waals surface area contributed by atoms with Crippen molar-refractivity contribution >= 4 is 11.9 Å². The van der Waals surface area contributed by atoms with E-state index in [-0.39, 0.29) is 11.9 Å². The van der Waals surface area contributed by atoms with E-state index in [1.807, 2.05) is 9.80 Å². The zero-order chi connectivity index (χ0) is 20.4. The minimum absolute atomic E-state index is 0.0690. The van der Waals surface area contributed by atoms with Gasteiger partial charge < -0.3 is 20.0 Å². The summed E-state index contributed by atoms with van der Waals surface area (Å²) < 4.78 is 0. The Labute approximate surface area is 175 Å². The topological polar surface area (TPSA) is 59.1 Å². The number of hydrogen-bond donors (Lipinski definition) is 1. The molecule has 4 fully saturated rings. The summed E-state index contributed by atoms with van der Waals surface area (Å²) >= 11 is 0. The third-order valence-corrected chi connectivity index (χ3v) is 7.16. The van der Waals surface area contributed by atoms with Gasteiger partial charge in [-0.2, -0.15) is 0 Å². The average molecular weight is 406 g/mol. The van der Waals surface area contributed by atoms with Gasteiger partial charge in [0.15, 0.2) is 0 Å². The van der Waals surface area contributed by atoms with E-state index in [9.17, 15) is 9.59 Å². The second kappa shape index (κ2) is 9.21. The van der Waals surface area contributed by atoms with E-state index in [1.165, 1.54) is 32.2 Å². The quantitative estimate of drug-likeness (QED) is 0.749. The average Bonchev–Trinajstić information content (AvgIpc) is 3.44. The lowest BCUT2D eigenvalue weighted by Gasteiger charge is -2.38. The van der Waals surface area contributed by atoms with Crippen LogP contribution >= 0.6 is 0 Å². The van der Waals surface area contributed by atoms with Crippen LogP contribution in [0.1, 0.15) is 39.5 Å². The van der Waals surface area contributed by atoms with Crippen LogP contribution in [-0.2, 0) is 4.79 Å². The molecule has 3 unspecified atom stereocenters. The van der Waals surface area contributed by atoms with Crippen molar-refractivity contribution in [3.05, 3.63) is 0 Å². The number of hydrogen-bond acceptors (Lipinski definition) is 4. The maximum absolute atomic E-state index is 12.7. The number of carbonyl (C=O) groups is 2. The minimum atomic E-state index is 0.0690. The normalized spacial score (nSPS) is 31.9. The molecule has 3 aliphatic heterocycles. The lowest BCUT2D eigenvalue weighted by Crippen LogP contribution is -2.55. The van der Waals surface area contributed by atoms with Gasteiger partial charge in [-0.15, -0.1) is 0 Å². The van der Waals surface area contributed by atoms with Crippen molar-refractivity contribution in [2.45, 2.75) is 45.6 Å². The van der Waals surface area contributed by atoms with Crippen LogP contribution in [0.2, 0.25) is 0 Å². The molecule has 3 atom stereocenters. The molecule has 1 saturated carbocycles. The van der Waals surface area contributed by atoms with Crippen LogP contribution in [0.3, 0.4) is 0 Å². The van der Waals surface area contributed by atoms with Gasteiger partial charge in [-0.25, -0.2) is 4.79 Å². The first-order chi connectivity index (χ1) is 14.0. The van der Waals surface area contributed by atoms with Gasteiger partial charge in [0.25, 0.3) is 0 Å². The highest BCUT2D eigenvalue weighted by atomic mass is 16.2. The Balaban J connectivity index is 1.13. The molecule has 7 nitrogen and oxygen atoms in total. The van der Waals surface area contributed by atoms with Crippen LogP contribution in [0, 0.1) is 17.8 Å². The largest absolute Gasteiger partial charge is 0.341 e. The van der Waals surface area contributed by atoms with Crippen molar-refractivity contribution in [2.24, 2.45) is 17.8 Å². The number of urea groups is 1. The molecule has 3 heterocycles. The number of nitrogens with one attached hydrogen (secondary N) is 1. The van der Waals surface area contributed by atoms with E-state index in [1.54, 1.807) is 0 Å². The van der Waals surface area contributed by atoms with Gasteiger partial charge in [-0.3, -0.25) is 9.69 Å². The Morgan fingerprint density at radius 1 is 0.862 bits per heavy atom. The number of likely N-dealkylation sites (tertiary alicyclic amines) is 2. The van der Waals surface area contributed by atoms with E-state index < -0.39 is 0 Å². The van der Waals surface area contributed by atoms with E-state index in [0.29, 0.717) is 37.4 Å². The fraction of sp³-hybridized carbons (Fsp3) is 0.909. The summed E-state index contributed by atoms with van der Waals surface area (Å²) in [5, 5.41) is 3.16. The summed E-state index contributed by atoms with van der Waals surface area (Å²) in [4.78, 5) is 34.0. The second-order valence-electron chi connectivity index (χ2n) is 10.1. The molecule has 3 saturated heterocycles. The molecular weight excluding hydrogens is 366 g/mol. The minimum Gasteiger partial charge on any atom is -0.341 e. The highest BCUT2D eigenvalue weighted by Crippen LogP contribution is 2.31. The monoisotopic (exact) mass is 405 g/mol. The van der Waals surface area contributed by atoms with Crippen molar-refractivity contribution in [1.29, 1.82) is 0 Å². The van der Waals surface area contributed by atoms with Gasteiger partial charge in [0, 0.05) is 58.4 Å². The molecule has 4 rings (SSSR count). The third-order valence-electron chi connectivity index (χ3n) is 7.16. The molecular formula is C22H39N5O2. The van der Waals surface area contributed by atoms with Crippen molar-refractivity contribution in [2.75, 3.05) is 65.4 Å². The van der Waals surface area contributed by atoms with Crippen molar-refractivity contribution in [3.8, 4) is 0 Å². The SMILES string of the molecule is CC1CC(C)CN(C(=O)CN2CCN(C(=O)NCC3CCN(C4CC4)C3)CC2)C1. The summed E-state index contributed by atoms with van der Waals surface area (Å²) in [6.45, 7) is 12.9. The fourth-order valence-corrected chi connectivity index (χ4v) is 5.41. The van der Waals surface area contributed by atoms with Crippen LogP contribution in [0.5, 0.6) is 0 Å². The van der Waals surface area contributed by atoms with Crippen LogP contribution in [0.15, 0.2) is 0 Å². The summed E-state index contributed by atoms with van der Waals surface area (Å²) in [7, 11) is 0. The van der Waals surface area contributed by atoms with Crippen LogP contribution in [0.4, 0.5) is 4.79 Å². The first-order valence-electron chi connectivity index (χ1n) is 11.7. The number of piperidine rings is 1. The van der Waals surface area contributed by atoms with Gasteiger partial charge in [-0.1, -0.05) is 13.8 Å². The van der Waals surface area contributed by atoms with Gasteiger partial charge in [-0.05, 0) is 50.0 Å². The van der Waals surface area contributed by atoms with Crippen molar-refractivity contribution < 1.29 is 9.59 Å². The summed E-state index contributed by atoms with van der Waals surface area (Å²) in [5.74, 6) is 2.05. The molecule has 1 N–H and O–H groups in total. The molecule has 0 bridgehead atoms. The third kappa shape index (κ3) is 5.63. The smallest absolute Gasteiger partial charge is 0.317 e. The predicted molar refractivity (Wildman–Crippen MR) is 114 cm³/mol. The first kappa shape index (κ1) is 20.9.